The van der Waals surface area contributed by atoms with Crippen LogP contribution in [0.3, 0.4) is 0 Å². The van der Waals surface area contributed by atoms with Gasteiger partial charge in [-0.15, -0.1) is 0 Å². The molecule has 6 nitrogen and oxygen atoms in total. The molecule has 0 heterocycles. The largest absolute Gasteiger partial charge is 0.386 e. The molecule has 8 heteroatoms. The molecule has 0 radical (unpaired) electrons. The zero-order valence-electron chi connectivity index (χ0n) is 18.2. The minimum atomic E-state index is -1.12. The Morgan fingerprint density at radius 1 is 1.10 bits per heavy atom. The van der Waals surface area contributed by atoms with Crippen molar-refractivity contribution < 1.29 is 15.1 Å². The van der Waals surface area contributed by atoms with Crippen LogP contribution in [0.5, 0.6) is 0 Å². The molecule has 0 unspecified atom stereocenters. The predicted octanol–water partition coefficient (Wildman–Crippen LogP) is 6.39. The normalized spacial score (nSPS) is 11.7. The Labute approximate surface area is 187 Å². The first kappa shape index (κ1) is 24.3. The first-order valence-electron chi connectivity index (χ1n) is 9.79. The molecule has 2 rings (SSSR count). The quantitative estimate of drug-likeness (QED) is 0.289. The Kier molecular flexibility index (Phi) is 8.05. The number of anilines is 2. The minimum absolute atomic E-state index is 0.243. The van der Waals surface area contributed by atoms with Crippen LogP contribution in [0.2, 0.25) is 5.02 Å². The summed E-state index contributed by atoms with van der Waals surface area (Å²) < 4.78 is 3.37. The predicted molar refractivity (Wildman–Crippen MR) is 125 cm³/mol. The highest BCUT2D eigenvalue weighted by Gasteiger charge is 2.20. The molecule has 0 saturated heterocycles. The second-order valence-electron chi connectivity index (χ2n) is 8.30. The maximum absolute atomic E-state index is 12.5. The molecular formula is C22H30ClN3O3S. The van der Waals surface area contributed by atoms with Gasteiger partial charge >= 0.3 is 6.03 Å². The number of benzene rings is 2. The standard InChI is InChI=1S/C22H30ClN3O3S/c1-13(2)18-8-7-9-19(14(3)4)20(18)24-21(27)25-30-26(29)17-11-15(22(5,6)28)10-16(23)12-17/h7-14,28-29H,1-6H3,(H2,24,25,27). The second kappa shape index (κ2) is 9.92. The van der Waals surface area contributed by atoms with E-state index in [1.807, 2.05) is 18.2 Å². The van der Waals surface area contributed by atoms with Crippen molar-refractivity contribution >= 4 is 41.1 Å². The van der Waals surface area contributed by atoms with Gasteiger partial charge in [-0.3, -0.25) is 9.93 Å². The third kappa shape index (κ3) is 6.28. The third-order valence-corrected chi connectivity index (χ3v) is 5.52. The third-order valence-electron chi connectivity index (χ3n) is 4.65. The Hall–Kier alpha value is -1.93. The topological polar surface area (TPSA) is 84.8 Å². The van der Waals surface area contributed by atoms with E-state index in [-0.39, 0.29) is 11.8 Å². The number of nitrogens with one attached hydrogen (secondary N) is 2. The van der Waals surface area contributed by atoms with E-state index in [4.69, 9.17) is 11.6 Å². The highest BCUT2D eigenvalue weighted by atomic mass is 35.5. The van der Waals surface area contributed by atoms with Crippen molar-refractivity contribution in [1.29, 1.82) is 0 Å². The number of carbonyl (C=O) groups excluding carboxylic acids is 1. The van der Waals surface area contributed by atoms with Gasteiger partial charge in [0.1, 0.15) is 0 Å². The zero-order valence-corrected chi connectivity index (χ0v) is 19.7. The number of hydrogen-bond donors (Lipinski definition) is 4. The molecule has 0 aliphatic rings. The molecule has 4 N–H and O–H groups in total. The van der Waals surface area contributed by atoms with Gasteiger partial charge in [0.05, 0.1) is 23.4 Å². The summed E-state index contributed by atoms with van der Waals surface area (Å²) in [5.41, 5.74) is 2.64. The van der Waals surface area contributed by atoms with E-state index in [0.717, 1.165) is 21.3 Å². The molecule has 0 spiro atoms. The lowest BCUT2D eigenvalue weighted by molar-refractivity contribution is 0.0786. The van der Waals surface area contributed by atoms with Crippen LogP contribution in [0.25, 0.3) is 0 Å². The van der Waals surface area contributed by atoms with Gasteiger partial charge in [0.2, 0.25) is 0 Å². The van der Waals surface area contributed by atoms with E-state index < -0.39 is 11.6 Å². The van der Waals surface area contributed by atoms with Crippen LogP contribution in [0, 0.1) is 0 Å². The molecule has 0 aliphatic heterocycles. The smallest absolute Gasteiger partial charge is 0.330 e. The zero-order chi connectivity index (χ0) is 22.6. The van der Waals surface area contributed by atoms with Crippen molar-refractivity contribution in [2.24, 2.45) is 0 Å². The Morgan fingerprint density at radius 2 is 1.67 bits per heavy atom. The van der Waals surface area contributed by atoms with Crippen molar-refractivity contribution in [1.82, 2.24) is 4.72 Å². The molecular weight excluding hydrogens is 422 g/mol. The van der Waals surface area contributed by atoms with Crippen LogP contribution in [0.15, 0.2) is 36.4 Å². The van der Waals surface area contributed by atoms with Gasteiger partial charge in [-0.2, -0.15) is 4.47 Å². The summed E-state index contributed by atoms with van der Waals surface area (Å²) in [5.74, 6) is 0.487. The average molecular weight is 452 g/mol. The molecule has 2 aromatic carbocycles. The fraction of sp³-hybridized carbons (Fsp3) is 0.409. The van der Waals surface area contributed by atoms with Crippen LogP contribution >= 0.6 is 23.7 Å². The van der Waals surface area contributed by atoms with Crippen LogP contribution in [0.4, 0.5) is 16.2 Å². The lowest BCUT2D eigenvalue weighted by Crippen LogP contribution is -2.28. The van der Waals surface area contributed by atoms with E-state index >= 15 is 0 Å². The fourth-order valence-electron chi connectivity index (χ4n) is 3.01. The van der Waals surface area contributed by atoms with Gasteiger partial charge in [-0.1, -0.05) is 57.5 Å². The fourth-order valence-corrected chi connectivity index (χ4v) is 3.67. The molecule has 0 saturated carbocycles. The molecule has 0 fully saturated rings. The summed E-state index contributed by atoms with van der Waals surface area (Å²) >= 11 is 6.81. The summed E-state index contributed by atoms with van der Waals surface area (Å²) in [7, 11) is 0. The molecule has 164 valence electrons. The number of urea groups is 1. The van der Waals surface area contributed by atoms with Crippen molar-refractivity contribution in [2.75, 3.05) is 9.79 Å². The Morgan fingerprint density at radius 3 is 2.17 bits per heavy atom. The molecule has 2 amide bonds. The lowest BCUT2D eigenvalue weighted by atomic mass is 9.93. The Bertz CT molecular complexity index is 871. The molecule has 0 aliphatic carbocycles. The van der Waals surface area contributed by atoms with Crippen molar-refractivity contribution in [3.05, 3.63) is 58.1 Å². The molecule has 0 bridgehead atoms. The number of para-hydroxylation sites is 1. The van der Waals surface area contributed by atoms with Gasteiger partial charge in [-0.05, 0) is 60.6 Å². The first-order valence-corrected chi connectivity index (χ1v) is 10.9. The number of rotatable bonds is 7. The average Bonchev–Trinajstić information content (AvgIpc) is 2.64. The second-order valence-corrected chi connectivity index (χ2v) is 9.47. The van der Waals surface area contributed by atoms with Crippen molar-refractivity contribution in [3.63, 3.8) is 0 Å². The van der Waals surface area contributed by atoms with Crippen LogP contribution < -0.4 is 14.5 Å². The van der Waals surface area contributed by atoms with Gasteiger partial charge in [0, 0.05) is 10.7 Å². The molecule has 0 aromatic heterocycles. The summed E-state index contributed by atoms with van der Waals surface area (Å²) in [6.45, 7) is 11.6. The SMILES string of the molecule is CC(C)c1cccc(C(C)C)c1NC(=O)NSN(O)c1cc(Cl)cc(C(C)(C)O)c1. The maximum atomic E-state index is 12.5. The number of hydrogen-bond acceptors (Lipinski definition) is 5. The van der Waals surface area contributed by atoms with Crippen LogP contribution in [0.1, 0.15) is 70.1 Å². The van der Waals surface area contributed by atoms with E-state index in [0.29, 0.717) is 28.4 Å². The van der Waals surface area contributed by atoms with E-state index in [1.54, 1.807) is 26.0 Å². The molecule has 0 atom stereocenters. The van der Waals surface area contributed by atoms with E-state index in [2.05, 4.69) is 37.7 Å². The van der Waals surface area contributed by atoms with Crippen molar-refractivity contribution in [2.45, 2.75) is 59.0 Å². The van der Waals surface area contributed by atoms with Crippen LogP contribution in [-0.4, -0.2) is 16.3 Å². The lowest BCUT2D eigenvalue weighted by Gasteiger charge is -2.22. The van der Waals surface area contributed by atoms with Gasteiger partial charge in [-0.25, -0.2) is 4.79 Å². The summed E-state index contributed by atoms with van der Waals surface area (Å²) in [6.07, 6.45) is 0. The van der Waals surface area contributed by atoms with Crippen molar-refractivity contribution in [3.8, 4) is 0 Å². The summed E-state index contributed by atoms with van der Waals surface area (Å²) in [5, 5.41) is 23.8. The van der Waals surface area contributed by atoms with Gasteiger partial charge in [0.15, 0.2) is 0 Å². The van der Waals surface area contributed by atoms with E-state index in [9.17, 15) is 15.1 Å². The van der Waals surface area contributed by atoms with E-state index in [1.165, 1.54) is 6.07 Å². The molecule has 30 heavy (non-hydrogen) atoms. The summed E-state index contributed by atoms with van der Waals surface area (Å²) in [4.78, 5) is 12.5. The summed E-state index contributed by atoms with van der Waals surface area (Å²) in [6, 6.07) is 10.3. The highest BCUT2D eigenvalue weighted by Crippen LogP contribution is 2.33. The minimum Gasteiger partial charge on any atom is -0.386 e. The number of carbonyl (C=O) groups is 1. The highest BCUT2D eigenvalue weighted by molar-refractivity contribution is 7.99. The van der Waals surface area contributed by atoms with Gasteiger partial charge < -0.3 is 10.4 Å². The number of nitrogens with zero attached hydrogens (tertiary/aromatic N) is 1. The van der Waals surface area contributed by atoms with Crippen LogP contribution in [-0.2, 0) is 5.60 Å². The number of aliphatic hydroxyl groups is 1. The maximum Gasteiger partial charge on any atom is 0.330 e. The molecule has 2 aromatic rings. The first-order chi connectivity index (χ1) is 13.9. The Balaban J connectivity index is 2.13. The number of amides is 2. The number of halogens is 1. The van der Waals surface area contributed by atoms with Gasteiger partial charge in [0.25, 0.3) is 0 Å². The monoisotopic (exact) mass is 451 g/mol.